The molecule has 0 aromatic heterocycles. The van der Waals surface area contributed by atoms with Crippen molar-refractivity contribution >= 4 is 20.1 Å². The fourth-order valence-corrected chi connectivity index (χ4v) is 7.05. The molecule has 0 aliphatic heterocycles. The van der Waals surface area contributed by atoms with Crippen LogP contribution in [-0.4, -0.2) is 27.2 Å². The number of methoxy groups -OCH3 is 1. The first-order valence-electron chi connectivity index (χ1n) is 14.6. The zero-order valence-corrected chi connectivity index (χ0v) is 25.2. The fourth-order valence-electron chi connectivity index (χ4n) is 5.73. The molecule has 1 aromatic rings. The van der Waals surface area contributed by atoms with Gasteiger partial charge in [-0.05, 0) is 79.6 Å². The molecule has 1 aromatic carbocycles. The van der Waals surface area contributed by atoms with Crippen LogP contribution in [0, 0.1) is 11.8 Å². The quantitative estimate of drug-likeness (QED) is 0.125. The molecule has 0 saturated heterocycles. The predicted molar refractivity (Wildman–Crippen MR) is 154 cm³/mol. The predicted octanol–water partition coefficient (Wildman–Crippen LogP) is 8.68. The number of Topliss-reactive ketones (excluding diaryl/α,β-unsaturated/α-hetero) is 1. The summed E-state index contributed by atoms with van der Waals surface area (Å²) in [6.45, 7) is 11.7. The summed E-state index contributed by atoms with van der Waals surface area (Å²) >= 11 is 0. The van der Waals surface area contributed by atoms with Crippen LogP contribution in [0.1, 0.15) is 115 Å². The Labute approximate surface area is 226 Å². The van der Waals surface area contributed by atoms with Gasteiger partial charge in [-0.1, -0.05) is 76.5 Å². The zero-order valence-electron chi connectivity index (χ0n) is 24.2. The fraction of sp³-hybridized carbons (Fsp3) is 0.688. The Morgan fingerprint density at radius 1 is 1.05 bits per heavy atom. The molecular weight excluding hydrogens is 476 g/mol. The highest BCUT2D eigenvalue weighted by Gasteiger charge is 2.41. The number of carbonyl (C=O) groups excluding carboxylic acids is 2. The van der Waals surface area contributed by atoms with Crippen LogP contribution in [0.3, 0.4) is 0 Å². The second-order valence-corrected chi connectivity index (χ2v) is 17.5. The van der Waals surface area contributed by atoms with Crippen LogP contribution in [-0.2, 0) is 18.8 Å². The minimum absolute atomic E-state index is 0.0559. The van der Waals surface area contributed by atoms with Crippen molar-refractivity contribution < 1.29 is 18.8 Å². The Morgan fingerprint density at radius 3 is 2.35 bits per heavy atom. The summed E-state index contributed by atoms with van der Waals surface area (Å²) in [5.74, 6) is 1.16. The van der Waals surface area contributed by atoms with E-state index < -0.39 is 8.32 Å². The van der Waals surface area contributed by atoms with Gasteiger partial charge in [0.15, 0.2) is 8.32 Å². The number of carbonyl (C=O) groups is 2. The van der Waals surface area contributed by atoms with Gasteiger partial charge in [-0.3, -0.25) is 9.59 Å². The van der Waals surface area contributed by atoms with Crippen molar-refractivity contribution in [1.82, 2.24) is 0 Å². The maximum Gasteiger partial charge on any atom is 0.305 e. The number of benzene rings is 1. The Hall–Kier alpha value is -1.72. The molecule has 37 heavy (non-hydrogen) atoms. The average Bonchev–Trinajstić information content (AvgIpc) is 3.24. The van der Waals surface area contributed by atoms with E-state index in [0.29, 0.717) is 24.5 Å². The molecule has 0 amide bonds. The van der Waals surface area contributed by atoms with E-state index in [2.05, 4.69) is 70.3 Å². The highest BCUT2D eigenvalue weighted by molar-refractivity contribution is 6.74. The maximum absolute atomic E-state index is 12.7. The lowest BCUT2D eigenvalue weighted by molar-refractivity contribution is -0.140. The van der Waals surface area contributed by atoms with E-state index >= 15 is 0 Å². The molecule has 3 atom stereocenters. The van der Waals surface area contributed by atoms with Crippen molar-refractivity contribution in [2.45, 2.75) is 122 Å². The van der Waals surface area contributed by atoms with Gasteiger partial charge >= 0.3 is 5.97 Å². The lowest BCUT2D eigenvalue weighted by atomic mass is 9.81. The van der Waals surface area contributed by atoms with E-state index in [1.807, 2.05) is 0 Å². The summed E-state index contributed by atoms with van der Waals surface area (Å²) in [6.07, 6.45) is 15.4. The Balaban J connectivity index is 1.70. The molecule has 0 N–H and O–H groups in total. The van der Waals surface area contributed by atoms with Crippen molar-refractivity contribution in [2.24, 2.45) is 11.8 Å². The molecule has 2 saturated carbocycles. The monoisotopic (exact) mass is 526 g/mol. The van der Waals surface area contributed by atoms with Crippen molar-refractivity contribution in [3.05, 3.63) is 47.5 Å². The number of rotatable bonds is 11. The molecule has 2 aliphatic rings. The number of ketones is 1. The van der Waals surface area contributed by atoms with Crippen LogP contribution in [0.2, 0.25) is 18.1 Å². The largest absolute Gasteiger partial charge is 0.469 e. The van der Waals surface area contributed by atoms with Crippen molar-refractivity contribution in [3.8, 4) is 0 Å². The van der Waals surface area contributed by atoms with Gasteiger partial charge < -0.3 is 9.16 Å². The van der Waals surface area contributed by atoms with Crippen LogP contribution in [0.15, 0.2) is 36.4 Å². The zero-order chi connectivity index (χ0) is 27.1. The highest BCUT2D eigenvalue weighted by atomic mass is 28.4. The highest BCUT2D eigenvalue weighted by Crippen LogP contribution is 2.45. The topological polar surface area (TPSA) is 52.6 Å². The van der Waals surface area contributed by atoms with Crippen molar-refractivity contribution in [1.29, 1.82) is 0 Å². The van der Waals surface area contributed by atoms with Crippen molar-refractivity contribution in [3.63, 3.8) is 0 Å². The molecule has 206 valence electrons. The average molecular weight is 527 g/mol. The first-order chi connectivity index (χ1) is 17.5. The molecule has 4 nitrogen and oxygen atoms in total. The number of hydrogen-bond donors (Lipinski definition) is 0. The van der Waals surface area contributed by atoms with Gasteiger partial charge in [-0.25, -0.2) is 0 Å². The molecule has 0 bridgehead atoms. The second kappa shape index (κ2) is 13.4. The summed E-state index contributed by atoms with van der Waals surface area (Å²) in [5.41, 5.74) is 2.60. The third-order valence-electron chi connectivity index (χ3n) is 9.14. The van der Waals surface area contributed by atoms with E-state index in [-0.39, 0.29) is 28.9 Å². The molecule has 0 radical (unpaired) electrons. The van der Waals surface area contributed by atoms with E-state index in [1.54, 1.807) is 0 Å². The summed E-state index contributed by atoms with van der Waals surface area (Å²) in [7, 11) is -0.481. The minimum Gasteiger partial charge on any atom is -0.469 e. The smallest absolute Gasteiger partial charge is 0.305 e. The van der Waals surface area contributed by atoms with Crippen LogP contribution in [0.5, 0.6) is 0 Å². The number of esters is 1. The molecule has 0 spiro atoms. The van der Waals surface area contributed by atoms with Crippen molar-refractivity contribution in [2.75, 3.05) is 7.11 Å². The van der Waals surface area contributed by atoms with Gasteiger partial charge in [0.2, 0.25) is 0 Å². The molecule has 2 aliphatic carbocycles. The third-order valence-corrected chi connectivity index (χ3v) is 13.6. The Morgan fingerprint density at radius 2 is 1.73 bits per heavy atom. The van der Waals surface area contributed by atoms with Crippen LogP contribution >= 0.6 is 0 Å². The van der Waals surface area contributed by atoms with E-state index in [9.17, 15) is 9.59 Å². The lowest BCUT2D eigenvalue weighted by Crippen LogP contribution is -2.43. The molecule has 3 rings (SSSR count). The maximum atomic E-state index is 12.7. The number of allylic oxidation sites excluding steroid dienone is 2. The van der Waals surface area contributed by atoms with E-state index in [1.165, 1.54) is 50.3 Å². The summed E-state index contributed by atoms with van der Waals surface area (Å²) in [5, 5.41) is 0.185. The SMILES string of the molecule is COC(=O)CCCC=CC[C@H]1C(=O)CC[C@@H]1c1ccc(C(O[Si](C)(C)C(C)(C)C)C2CCCCC2)cc1. The summed E-state index contributed by atoms with van der Waals surface area (Å²) in [4.78, 5) is 24.0. The second-order valence-electron chi connectivity index (χ2n) is 12.8. The molecular formula is C32H50O4Si. The van der Waals surface area contributed by atoms with Crippen LogP contribution in [0.25, 0.3) is 0 Å². The lowest BCUT2D eigenvalue weighted by Gasteiger charge is -2.42. The molecule has 0 heterocycles. The number of ether oxygens (including phenoxy) is 1. The summed E-state index contributed by atoms with van der Waals surface area (Å²) < 4.78 is 11.8. The molecule has 5 heteroatoms. The van der Waals surface area contributed by atoms with Gasteiger partial charge in [0.05, 0.1) is 13.2 Å². The normalized spacial score (nSPS) is 22.5. The van der Waals surface area contributed by atoms with Gasteiger partial charge in [-0.15, -0.1) is 0 Å². The number of hydrogen-bond acceptors (Lipinski definition) is 4. The first kappa shape index (κ1) is 29.8. The number of unbranched alkanes of at least 4 members (excludes halogenated alkanes) is 1. The Bertz CT molecular complexity index is 906. The van der Waals surface area contributed by atoms with Gasteiger partial charge in [0.25, 0.3) is 0 Å². The van der Waals surface area contributed by atoms with Gasteiger partial charge in [0, 0.05) is 18.8 Å². The van der Waals surface area contributed by atoms with E-state index in [0.717, 1.165) is 25.7 Å². The first-order valence-corrected chi connectivity index (χ1v) is 17.5. The van der Waals surface area contributed by atoms with Gasteiger partial charge in [0.1, 0.15) is 5.78 Å². The van der Waals surface area contributed by atoms with E-state index in [4.69, 9.17) is 9.16 Å². The summed E-state index contributed by atoms with van der Waals surface area (Å²) in [6, 6.07) is 9.14. The Kier molecular flexibility index (Phi) is 10.8. The molecule has 1 unspecified atom stereocenters. The standard InChI is InChI=1S/C32H50O4Si/c1-32(2,3)37(5,6)36-31(25-14-10-9-11-15-25)26-20-18-24(19-21-26)27-22-23-29(33)28(27)16-12-7-8-13-17-30(34)35-4/h7,12,18-21,25,27-28,31H,8-11,13-17,22-23H2,1-6H3/t27-,28-,31?/m1/s1. The minimum atomic E-state index is -1.91. The van der Waals surface area contributed by atoms with Gasteiger partial charge in [-0.2, -0.15) is 0 Å². The van der Waals surface area contributed by atoms with Crippen LogP contribution in [0.4, 0.5) is 0 Å². The third kappa shape index (κ3) is 8.13. The van der Waals surface area contributed by atoms with Crippen LogP contribution < -0.4 is 0 Å². The molecule has 2 fully saturated rings.